The number of rotatable bonds is 3. The molecule has 0 bridgehead atoms. The standard InChI is InChI=1S/C13H14Cl2N2O/c1-8(2)13(3,7-16)17-12(18)9-5-4-6-10(14)11(9)15/h4-6,8H,1-3H3,(H,17,18)/t13-/m1/s1. The number of amides is 1. The van der Waals surface area contributed by atoms with Crippen LogP contribution in [0.2, 0.25) is 10.0 Å². The Bertz CT molecular complexity index is 508. The number of nitrogens with one attached hydrogen (secondary N) is 1. The molecule has 0 spiro atoms. The van der Waals surface area contributed by atoms with Crippen molar-refractivity contribution in [3.8, 4) is 6.07 Å². The molecule has 5 heteroatoms. The molecule has 0 saturated heterocycles. The zero-order valence-corrected chi connectivity index (χ0v) is 11.9. The van der Waals surface area contributed by atoms with Gasteiger partial charge in [0.1, 0.15) is 5.54 Å². The molecule has 0 aromatic heterocycles. The van der Waals surface area contributed by atoms with Crippen molar-refractivity contribution in [2.24, 2.45) is 5.92 Å². The van der Waals surface area contributed by atoms with Gasteiger partial charge in [-0.25, -0.2) is 0 Å². The highest BCUT2D eigenvalue weighted by atomic mass is 35.5. The van der Waals surface area contributed by atoms with E-state index in [2.05, 4.69) is 11.4 Å². The fraction of sp³-hybridized carbons (Fsp3) is 0.385. The second-order valence-corrected chi connectivity index (χ2v) is 5.31. The van der Waals surface area contributed by atoms with Crippen molar-refractivity contribution in [3.05, 3.63) is 33.8 Å². The summed E-state index contributed by atoms with van der Waals surface area (Å²) in [6.45, 7) is 5.40. The second kappa shape index (κ2) is 5.60. The van der Waals surface area contributed by atoms with Crippen molar-refractivity contribution < 1.29 is 4.79 Å². The summed E-state index contributed by atoms with van der Waals surface area (Å²) < 4.78 is 0. The van der Waals surface area contributed by atoms with Gasteiger partial charge in [0.2, 0.25) is 0 Å². The molecule has 0 radical (unpaired) electrons. The van der Waals surface area contributed by atoms with E-state index in [-0.39, 0.29) is 16.5 Å². The molecule has 1 aromatic rings. The number of nitriles is 1. The molecule has 3 nitrogen and oxygen atoms in total. The van der Waals surface area contributed by atoms with Gasteiger partial charge in [0.25, 0.3) is 5.91 Å². The Morgan fingerprint density at radius 1 is 1.44 bits per heavy atom. The van der Waals surface area contributed by atoms with Crippen LogP contribution < -0.4 is 5.32 Å². The highest BCUT2D eigenvalue weighted by molar-refractivity contribution is 6.43. The van der Waals surface area contributed by atoms with Crippen LogP contribution in [0.3, 0.4) is 0 Å². The SMILES string of the molecule is CC(C)[C@@](C)(C#N)NC(=O)c1cccc(Cl)c1Cl. The van der Waals surface area contributed by atoms with E-state index >= 15 is 0 Å². The average Bonchev–Trinajstić information content (AvgIpc) is 2.32. The van der Waals surface area contributed by atoms with Gasteiger partial charge in [0, 0.05) is 0 Å². The third-order valence-electron chi connectivity index (χ3n) is 2.96. The Morgan fingerprint density at radius 2 is 2.06 bits per heavy atom. The topological polar surface area (TPSA) is 52.9 Å². The Labute approximate surface area is 117 Å². The van der Waals surface area contributed by atoms with Gasteiger partial charge in [-0.15, -0.1) is 0 Å². The molecule has 0 unspecified atom stereocenters. The van der Waals surface area contributed by atoms with Crippen LogP contribution in [0.1, 0.15) is 31.1 Å². The van der Waals surface area contributed by atoms with Crippen LogP contribution in [-0.4, -0.2) is 11.4 Å². The molecule has 1 rings (SSSR count). The van der Waals surface area contributed by atoms with Crippen molar-refractivity contribution in [1.82, 2.24) is 5.32 Å². The molecule has 18 heavy (non-hydrogen) atoms. The zero-order valence-electron chi connectivity index (χ0n) is 10.4. The largest absolute Gasteiger partial charge is 0.334 e. The van der Waals surface area contributed by atoms with Crippen LogP contribution in [-0.2, 0) is 0 Å². The van der Waals surface area contributed by atoms with Crippen LogP contribution >= 0.6 is 23.2 Å². The lowest BCUT2D eigenvalue weighted by atomic mass is 9.90. The summed E-state index contributed by atoms with van der Waals surface area (Å²) in [5.74, 6) is -0.426. The van der Waals surface area contributed by atoms with Crippen molar-refractivity contribution in [3.63, 3.8) is 0 Å². The lowest BCUT2D eigenvalue weighted by Gasteiger charge is -2.27. The van der Waals surface area contributed by atoms with Crippen LogP contribution in [0.15, 0.2) is 18.2 Å². The predicted molar refractivity (Wildman–Crippen MR) is 72.8 cm³/mol. The highest BCUT2D eigenvalue weighted by Crippen LogP contribution is 2.26. The van der Waals surface area contributed by atoms with Crippen LogP contribution in [0.25, 0.3) is 0 Å². The number of hydrogen-bond donors (Lipinski definition) is 1. The lowest BCUT2D eigenvalue weighted by Crippen LogP contribution is -2.48. The first-order valence-electron chi connectivity index (χ1n) is 5.49. The maximum absolute atomic E-state index is 12.1. The summed E-state index contributed by atoms with van der Waals surface area (Å²) in [7, 11) is 0. The number of nitrogens with zero attached hydrogens (tertiary/aromatic N) is 1. The Hall–Kier alpha value is -1.24. The summed E-state index contributed by atoms with van der Waals surface area (Å²) >= 11 is 11.8. The maximum atomic E-state index is 12.1. The van der Waals surface area contributed by atoms with E-state index in [4.69, 9.17) is 28.5 Å². The number of halogens is 2. The van der Waals surface area contributed by atoms with Gasteiger partial charge < -0.3 is 5.32 Å². The normalized spacial score (nSPS) is 13.8. The molecule has 0 aliphatic rings. The van der Waals surface area contributed by atoms with Gasteiger partial charge in [0.05, 0.1) is 21.7 Å². The minimum Gasteiger partial charge on any atom is -0.334 e. The van der Waals surface area contributed by atoms with Crippen molar-refractivity contribution in [2.45, 2.75) is 26.3 Å². The molecule has 96 valence electrons. The molecule has 0 aliphatic carbocycles. The first kappa shape index (κ1) is 14.8. The average molecular weight is 285 g/mol. The first-order valence-corrected chi connectivity index (χ1v) is 6.25. The summed E-state index contributed by atoms with van der Waals surface area (Å²) in [5, 5.41) is 12.3. The van der Waals surface area contributed by atoms with E-state index in [1.54, 1.807) is 25.1 Å². The molecule has 1 atom stereocenters. The summed E-state index contributed by atoms with van der Waals surface area (Å²) in [6.07, 6.45) is 0. The van der Waals surface area contributed by atoms with Crippen LogP contribution in [0.4, 0.5) is 0 Å². The van der Waals surface area contributed by atoms with Crippen LogP contribution in [0.5, 0.6) is 0 Å². The van der Waals surface area contributed by atoms with E-state index < -0.39 is 11.4 Å². The van der Waals surface area contributed by atoms with Crippen molar-refractivity contribution in [1.29, 1.82) is 5.26 Å². The van der Waals surface area contributed by atoms with E-state index in [9.17, 15) is 4.79 Å². The number of benzene rings is 1. The maximum Gasteiger partial charge on any atom is 0.254 e. The second-order valence-electron chi connectivity index (χ2n) is 4.52. The fourth-order valence-electron chi connectivity index (χ4n) is 1.28. The van der Waals surface area contributed by atoms with Gasteiger partial charge in [-0.3, -0.25) is 4.79 Å². The zero-order chi connectivity index (χ0) is 13.9. The molecular weight excluding hydrogens is 271 g/mol. The summed E-state index contributed by atoms with van der Waals surface area (Å²) in [4.78, 5) is 12.1. The van der Waals surface area contributed by atoms with E-state index in [0.717, 1.165) is 0 Å². The van der Waals surface area contributed by atoms with Crippen LogP contribution in [0, 0.1) is 17.2 Å². The van der Waals surface area contributed by atoms with Crippen molar-refractivity contribution in [2.75, 3.05) is 0 Å². The van der Waals surface area contributed by atoms with E-state index in [0.29, 0.717) is 5.02 Å². The number of hydrogen-bond acceptors (Lipinski definition) is 2. The molecule has 0 saturated carbocycles. The van der Waals surface area contributed by atoms with Gasteiger partial charge in [-0.2, -0.15) is 5.26 Å². The van der Waals surface area contributed by atoms with Crippen molar-refractivity contribution >= 4 is 29.1 Å². The smallest absolute Gasteiger partial charge is 0.254 e. The lowest BCUT2D eigenvalue weighted by molar-refractivity contribution is 0.0908. The first-order chi connectivity index (χ1) is 8.31. The fourth-order valence-corrected chi connectivity index (χ4v) is 1.67. The molecule has 1 amide bonds. The van der Waals surface area contributed by atoms with Gasteiger partial charge in [-0.1, -0.05) is 43.1 Å². The number of carbonyl (C=O) groups is 1. The van der Waals surface area contributed by atoms with Gasteiger partial charge in [-0.05, 0) is 25.0 Å². The minimum absolute atomic E-state index is 0.0237. The monoisotopic (exact) mass is 284 g/mol. The molecule has 0 aliphatic heterocycles. The van der Waals surface area contributed by atoms with Gasteiger partial charge in [0.15, 0.2) is 0 Å². The number of carbonyl (C=O) groups excluding carboxylic acids is 1. The minimum atomic E-state index is -0.942. The molecule has 1 aromatic carbocycles. The van der Waals surface area contributed by atoms with E-state index in [1.807, 2.05) is 13.8 Å². The highest BCUT2D eigenvalue weighted by Gasteiger charge is 2.31. The molecule has 0 heterocycles. The molecular formula is C13H14Cl2N2O. The molecule has 1 N–H and O–H groups in total. The third kappa shape index (κ3) is 2.95. The Kier molecular flexibility index (Phi) is 4.61. The van der Waals surface area contributed by atoms with Gasteiger partial charge >= 0.3 is 0 Å². The summed E-state index contributed by atoms with van der Waals surface area (Å²) in [5.41, 5.74) is -0.672. The summed E-state index contributed by atoms with van der Waals surface area (Å²) in [6, 6.07) is 6.92. The third-order valence-corrected chi connectivity index (χ3v) is 3.78. The Balaban J connectivity index is 3.03. The predicted octanol–water partition coefficient (Wildman–Crippen LogP) is 3.66. The Morgan fingerprint density at radius 3 is 2.56 bits per heavy atom. The quantitative estimate of drug-likeness (QED) is 0.921. The molecule has 0 fully saturated rings. The van der Waals surface area contributed by atoms with E-state index in [1.165, 1.54) is 0 Å².